The van der Waals surface area contributed by atoms with E-state index in [1.807, 2.05) is 6.92 Å². The molecule has 0 aromatic carbocycles. The van der Waals surface area contributed by atoms with Crippen LogP contribution in [0.25, 0.3) is 0 Å². The molecule has 0 saturated heterocycles. The van der Waals surface area contributed by atoms with Crippen molar-refractivity contribution in [3.05, 3.63) is 0 Å². The van der Waals surface area contributed by atoms with Gasteiger partial charge in [0.15, 0.2) is 0 Å². The summed E-state index contributed by atoms with van der Waals surface area (Å²) >= 11 is 0. The van der Waals surface area contributed by atoms with Gasteiger partial charge in [0.1, 0.15) is 6.10 Å². The van der Waals surface area contributed by atoms with E-state index in [-0.39, 0.29) is 30.5 Å². The van der Waals surface area contributed by atoms with Gasteiger partial charge in [0.05, 0.1) is 5.92 Å². The molecular weight excluding hydrogens is 156 g/mol. The van der Waals surface area contributed by atoms with Crippen molar-refractivity contribution in [3.63, 3.8) is 0 Å². The summed E-state index contributed by atoms with van der Waals surface area (Å²) in [5.41, 5.74) is 0. The Morgan fingerprint density at radius 3 is 2.17 bits per heavy atom. The second kappa shape index (κ2) is 5.14. The number of carbonyl (C=O) groups excluding carboxylic acids is 1. The first-order chi connectivity index (χ1) is 5.49. The zero-order valence-corrected chi connectivity index (χ0v) is 8.20. The van der Waals surface area contributed by atoms with Crippen molar-refractivity contribution in [1.82, 2.24) is 0 Å². The molecule has 3 nitrogen and oxygen atoms in total. The Morgan fingerprint density at radius 1 is 1.33 bits per heavy atom. The van der Waals surface area contributed by atoms with Crippen LogP contribution in [-0.4, -0.2) is 23.8 Å². The quantitative estimate of drug-likeness (QED) is 0.651. The van der Waals surface area contributed by atoms with Crippen molar-refractivity contribution in [3.8, 4) is 0 Å². The van der Waals surface area contributed by atoms with Crippen LogP contribution in [0.15, 0.2) is 0 Å². The van der Waals surface area contributed by atoms with Gasteiger partial charge in [0.2, 0.25) is 0 Å². The van der Waals surface area contributed by atoms with Crippen molar-refractivity contribution in [2.45, 2.75) is 33.8 Å². The highest BCUT2D eigenvalue weighted by Gasteiger charge is 2.17. The van der Waals surface area contributed by atoms with E-state index < -0.39 is 0 Å². The highest BCUT2D eigenvalue weighted by Crippen LogP contribution is 2.08. The first kappa shape index (κ1) is 11.4. The molecule has 12 heavy (non-hydrogen) atoms. The number of hydrogen-bond donors (Lipinski definition) is 1. The summed E-state index contributed by atoms with van der Waals surface area (Å²) in [5.74, 6) is -0.297. The van der Waals surface area contributed by atoms with Crippen LogP contribution in [0.4, 0.5) is 0 Å². The van der Waals surface area contributed by atoms with Crippen LogP contribution in [0, 0.1) is 11.8 Å². The lowest BCUT2D eigenvalue weighted by Crippen LogP contribution is -2.26. The Hall–Kier alpha value is -0.570. The molecule has 1 N–H and O–H groups in total. The molecule has 0 aliphatic heterocycles. The molecule has 0 heterocycles. The summed E-state index contributed by atoms with van der Waals surface area (Å²) in [6.07, 6.45) is -0.204. The van der Waals surface area contributed by atoms with Crippen LogP contribution < -0.4 is 0 Å². The van der Waals surface area contributed by atoms with E-state index in [1.165, 1.54) is 0 Å². The molecule has 2 unspecified atom stereocenters. The molecule has 0 aromatic heterocycles. The van der Waals surface area contributed by atoms with Crippen molar-refractivity contribution in [2.75, 3.05) is 6.61 Å². The van der Waals surface area contributed by atoms with E-state index >= 15 is 0 Å². The van der Waals surface area contributed by atoms with Crippen molar-refractivity contribution in [1.29, 1.82) is 0 Å². The molecule has 0 saturated carbocycles. The van der Waals surface area contributed by atoms with Gasteiger partial charge in [-0.3, -0.25) is 4.79 Å². The van der Waals surface area contributed by atoms with Crippen LogP contribution in [0.2, 0.25) is 0 Å². The molecule has 3 heteroatoms. The number of carbonyl (C=O) groups is 1. The first-order valence-electron chi connectivity index (χ1n) is 4.30. The zero-order chi connectivity index (χ0) is 9.72. The molecule has 0 amide bonds. The summed E-state index contributed by atoms with van der Waals surface area (Å²) < 4.78 is 5.07. The Balaban J connectivity index is 3.83. The monoisotopic (exact) mass is 174 g/mol. The number of hydrogen-bond acceptors (Lipinski definition) is 3. The average molecular weight is 174 g/mol. The van der Waals surface area contributed by atoms with Crippen molar-refractivity contribution in [2.24, 2.45) is 11.8 Å². The summed E-state index contributed by atoms with van der Waals surface area (Å²) in [6, 6.07) is 0. The van der Waals surface area contributed by atoms with Crippen LogP contribution in [0.5, 0.6) is 0 Å². The van der Waals surface area contributed by atoms with Gasteiger partial charge in [-0.1, -0.05) is 20.8 Å². The predicted molar refractivity (Wildman–Crippen MR) is 46.6 cm³/mol. The number of aliphatic hydroxyl groups is 1. The third kappa shape index (κ3) is 3.72. The minimum absolute atomic E-state index is 0.00713. The van der Waals surface area contributed by atoms with Crippen LogP contribution in [0.3, 0.4) is 0 Å². The fourth-order valence-electron chi connectivity index (χ4n) is 0.584. The van der Waals surface area contributed by atoms with Crippen molar-refractivity contribution >= 4 is 5.97 Å². The van der Waals surface area contributed by atoms with Gasteiger partial charge in [-0.05, 0) is 6.92 Å². The Bertz CT molecular complexity index is 143. The summed E-state index contributed by atoms with van der Waals surface area (Å²) in [5, 5.41) is 8.77. The number of ether oxygens (including phenoxy) is 1. The molecule has 2 atom stereocenters. The van der Waals surface area contributed by atoms with Crippen LogP contribution >= 0.6 is 0 Å². The number of esters is 1. The maximum atomic E-state index is 11.1. The first-order valence-corrected chi connectivity index (χ1v) is 4.30. The highest BCUT2D eigenvalue weighted by atomic mass is 16.5. The van der Waals surface area contributed by atoms with Gasteiger partial charge >= 0.3 is 5.97 Å². The van der Waals surface area contributed by atoms with E-state index in [0.29, 0.717) is 0 Å². The van der Waals surface area contributed by atoms with Gasteiger partial charge in [-0.15, -0.1) is 0 Å². The minimum atomic E-state index is -0.206. The van der Waals surface area contributed by atoms with Gasteiger partial charge in [0.25, 0.3) is 0 Å². The van der Waals surface area contributed by atoms with Gasteiger partial charge < -0.3 is 9.84 Å². The molecule has 0 rings (SSSR count). The predicted octanol–water partition coefficient (Wildman–Crippen LogP) is 1.20. The Kier molecular flexibility index (Phi) is 4.90. The lowest BCUT2D eigenvalue weighted by molar-refractivity contribution is -0.154. The van der Waals surface area contributed by atoms with E-state index in [9.17, 15) is 4.79 Å². The number of rotatable bonds is 4. The normalized spacial score (nSPS) is 15.8. The average Bonchev–Trinajstić information content (AvgIpc) is 2.02. The summed E-state index contributed by atoms with van der Waals surface area (Å²) in [6.45, 7) is 7.27. The van der Waals surface area contributed by atoms with E-state index in [0.717, 1.165) is 0 Å². The molecule has 0 fully saturated rings. The largest absolute Gasteiger partial charge is 0.462 e. The Morgan fingerprint density at radius 2 is 1.83 bits per heavy atom. The standard InChI is InChI=1S/C9H18O3/c1-6(2)9(11)12-8(4)7(3)5-10/h6-8,10H,5H2,1-4H3. The number of aliphatic hydroxyl groups excluding tert-OH is 1. The molecule has 0 spiro atoms. The van der Waals surface area contributed by atoms with Crippen LogP contribution in [0.1, 0.15) is 27.7 Å². The fraction of sp³-hybridized carbons (Fsp3) is 0.889. The maximum absolute atomic E-state index is 11.1. The lowest BCUT2D eigenvalue weighted by Gasteiger charge is -2.19. The molecule has 0 aliphatic carbocycles. The second-order valence-corrected chi connectivity index (χ2v) is 3.46. The second-order valence-electron chi connectivity index (χ2n) is 3.46. The highest BCUT2D eigenvalue weighted by molar-refractivity contribution is 5.71. The van der Waals surface area contributed by atoms with Crippen molar-refractivity contribution < 1.29 is 14.6 Å². The van der Waals surface area contributed by atoms with E-state index in [4.69, 9.17) is 9.84 Å². The zero-order valence-electron chi connectivity index (χ0n) is 8.20. The summed E-state index contributed by atoms with van der Waals surface area (Å²) in [7, 11) is 0. The lowest BCUT2D eigenvalue weighted by atomic mass is 10.1. The third-order valence-electron chi connectivity index (χ3n) is 1.86. The molecule has 0 aliphatic rings. The SMILES string of the molecule is CC(C)C(=O)OC(C)C(C)CO. The van der Waals surface area contributed by atoms with E-state index in [1.54, 1.807) is 20.8 Å². The topological polar surface area (TPSA) is 46.5 Å². The molecule has 72 valence electrons. The van der Waals surface area contributed by atoms with Gasteiger partial charge in [-0.25, -0.2) is 0 Å². The maximum Gasteiger partial charge on any atom is 0.308 e. The molecule has 0 bridgehead atoms. The van der Waals surface area contributed by atoms with Gasteiger partial charge in [0, 0.05) is 12.5 Å². The van der Waals surface area contributed by atoms with Gasteiger partial charge in [-0.2, -0.15) is 0 Å². The summed E-state index contributed by atoms with van der Waals surface area (Å²) in [4.78, 5) is 11.1. The van der Waals surface area contributed by atoms with E-state index in [2.05, 4.69) is 0 Å². The Labute approximate surface area is 73.7 Å². The molecular formula is C9H18O3. The fourth-order valence-corrected chi connectivity index (χ4v) is 0.584. The molecule has 0 radical (unpaired) electrons. The molecule has 0 aromatic rings. The smallest absolute Gasteiger partial charge is 0.308 e. The third-order valence-corrected chi connectivity index (χ3v) is 1.86. The minimum Gasteiger partial charge on any atom is -0.462 e. The van der Waals surface area contributed by atoms with Crippen LogP contribution in [-0.2, 0) is 9.53 Å².